The summed E-state index contributed by atoms with van der Waals surface area (Å²) in [6, 6.07) is 0. The lowest BCUT2D eigenvalue weighted by Gasteiger charge is -2.16. The number of rotatable bonds is 3. The average molecular weight is 323 g/mol. The second-order valence-electron chi connectivity index (χ2n) is 10.3. The van der Waals surface area contributed by atoms with Gasteiger partial charge in [0.05, 0.1) is 0 Å². The zero-order valence-corrected chi connectivity index (χ0v) is 17.7. The molecule has 0 aromatic rings. The van der Waals surface area contributed by atoms with Crippen molar-refractivity contribution in [1.29, 1.82) is 0 Å². The largest absolute Gasteiger partial charge is 0.229 e. The molecule has 2 nitrogen and oxygen atoms in total. The van der Waals surface area contributed by atoms with E-state index in [4.69, 9.17) is 0 Å². The van der Waals surface area contributed by atoms with Crippen LogP contribution in [0.5, 0.6) is 0 Å². The highest BCUT2D eigenvalue weighted by atomic mass is 32.2. The van der Waals surface area contributed by atoms with Gasteiger partial charge in [0.15, 0.2) is 0 Å². The Morgan fingerprint density at radius 3 is 1.05 bits per heavy atom. The lowest BCUT2D eigenvalue weighted by molar-refractivity contribution is 0.373. The van der Waals surface area contributed by atoms with Crippen molar-refractivity contribution in [3.8, 4) is 0 Å². The first-order valence-corrected chi connectivity index (χ1v) is 9.94. The smallest absolute Gasteiger partial charge is 0.147 e. The summed E-state index contributed by atoms with van der Waals surface area (Å²) in [6.45, 7) is 23.9. The number of sulfone groups is 1. The maximum absolute atomic E-state index is 10.7. The molecule has 0 radical (unpaired) electrons. The molecule has 132 valence electrons. The molecule has 0 atom stereocenters. The third kappa shape index (κ3) is 102. The van der Waals surface area contributed by atoms with Crippen molar-refractivity contribution >= 4 is 9.84 Å². The van der Waals surface area contributed by atoms with Gasteiger partial charge in [-0.3, -0.25) is 0 Å². The van der Waals surface area contributed by atoms with Gasteiger partial charge in [0.1, 0.15) is 9.84 Å². The predicted molar refractivity (Wildman–Crippen MR) is 98.7 cm³/mol. The molecule has 0 saturated heterocycles. The van der Waals surface area contributed by atoms with E-state index >= 15 is 0 Å². The van der Waals surface area contributed by atoms with Crippen LogP contribution < -0.4 is 0 Å². The van der Waals surface area contributed by atoms with Gasteiger partial charge in [-0.05, 0) is 29.1 Å². The molecule has 0 aliphatic rings. The van der Waals surface area contributed by atoms with Crippen molar-refractivity contribution in [2.24, 2.45) is 16.2 Å². The van der Waals surface area contributed by atoms with Crippen LogP contribution in [0.3, 0.4) is 0 Å². The van der Waals surface area contributed by atoms with Gasteiger partial charge < -0.3 is 0 Å². The second-order valence-corrected chi connectivity index (χ2v) is 12.6. The fraction of sp³-hybridized carbons (Fsp3) is 1.00. The van der Waals surface area contributed by atoms with Gasteiger partial charge >= 0.3 is 0 Å². The Bertz CT molecular complexity index is 309. The maximum Gasteiger partial charge on any atom is 0.147 e. The monoisotopic (exact) mass is 322 g/mol. The minimum atomic E-state index is -2.75. The quantitative estimate of drug-likeness (QED) is 0.642. The van der Waals surface area contributed by atoms with Crippen molar-refractivity contribution in [2.75, 3.05) is 12.0 Å². The van der Waals surface area contributed by atoms with Crippen LogP contribution >= 0.6 is 0 Å². The first kappa shape index (κ1) is 25.9. The summed E-state index contributed by atoms with van der Waals surface area (Å²) >= 11 is 0. The molecule has 3 heteroatoms. The maximum atomic E-state index is 10.7. The summed E-state index contributed by atoms with van der Waals surface area (Å²) in [5.41, 5.74) is 1.25. The Morgan fingerprint density at radius 2 is 0.905 bits per heavy atom. The lowest BCUT2D eigenvalue weighted by Crippen LogP contribution is -2.09. The summed E-state index contributed by atoms with van der Waals surface area (Å²) < 4.78 is 21.4. The summed E-state index contributed by atoms with van der Waals surface area (Å²) in [6.07, 6.45) is 3.04. The standard InChI is InChI=1S/C8H18O2S.2C5H12/c1-8(2,3)6-5-7-11(4,9)10;2*1-5(2,3)4/h5-7H2,1-4H3;2*1-4H3. The van der Waals surface area contributed by atoms with E-state index in [0.717, 1.165) is 12.8 Å². The van der Waals surface area contributed by atoms with Crippen LogP contribution in [0.1, 0.15) is 89.0 Å². The molecule has 0 aliphatic carbocycles. The fourth-order valence-electron chi connectivity index (χ4n) is 0.865. The van der Waals surface area contributed by atoms with Crippen molar-refractivity contribution in [3.05, 3.63) is 0 Å². The van der Waals surface area contributed by atoms with Crippen LogP contribution in [0.15, 0.2) is 0 Å². The molecule has 0 heterocycles. The van der Waals surface area contributed by atoms with Gasteiger partial charge in [0, 0.05) is 12.0 Å². The molecule has 0 fully saturated rings. The minimum Gasteiger partial charge on any atom is -0.229 e. The second kappa shape index (κ2) is 9.86. The van der Waals surface area contributed by atoms with E-state index in [1.807, 2.05) is 0 Å². The SMILES string of the molecule is CC(C)(C)C.CC(C)(C)C.CC(C)(C)CCCS(C)(=O)=O. The third-order valence-corrected chi connectivity index (χ3v) is 2.47. The topological polar surface area (TPSA) is 34.1 Å². The molecule has 0 N–H and O–H groups in total. The van der Waals surface area contributed by atoms with Gasteiger partial charge in [-0.1, -0.05) is 76.2 Å². The van der Waals surface area contributed by atoms with Gasteiger partial charge in [-0.2, -0.15) is 0 Å². The van der Waals surface area contributed by atoms with E-state index in [1.165, 1.54) is 6.26 Å². The zero-order valence-electron chi connectivity index (χ0n) is 16.8. The van der Waals surface area contributed by atoms with Gasteiger partial charge in [-0.25, -0.2) is 8.42 Å². The molecule has 0 aliphatic heterocycles. The molecule has 0 saturated carbocycles. The van der Waals surface area contributed by atoms with E-state index in [9.17, 15) is 8.42 Å². The molecule has 0 amide bonds. The Hall–Kier alpha value is -0.0500. The number of hydrogen-bond donors (Lipinski definition) is 0. The van der Waals surface area contributed by atoms with Crippen LogP contribution in [-0.4, -0.2) is 20.4 Å². The summed E-state index contributed by atoms with van der Waals surface area (Å²) in [7, 11) is -2.75. The van der Waals surface area contributed by atoms with Crippen molar-refractivity contribution in [1.82, 2.24) is 0 Å². The first-order valence-electron chi connectivity index (χ1n) is 7.88. The van der Waals surface area contributed by atoms with E-state index in [-0.39, 0.29) is 5.41 Å². The van der Waals surface area contributed by atoms with Gasteiger partial charge in [-0.15, -0.1) is 0 Å². The van der Waals surface area contributed by atoms with E-state index in [1.54, 1.807) is 0 Å². The highest BCUT2D eigenvalue weighted by Crippen LogP contribution is 2.20. The minimum absolute atomic E-state index is 0.255. The summed E-state index contributed by atoms with van der Waals surface area (Å²) in [4.78, 5) is 0. The normalized spacial score (nSPS) is 12.8. The summed E-state index contributed by atoms with van der Waals surface area (Å²) in [5, 5.41) is 0. The van der Waals surface area contributed by atoms with Gasteiger partial charge in [0.2, 0.25) is 0 Å². The van der Waals surface area contributed by atoms with Gasteiger partial charge in [0.25, 0.3) is 0 Å². The third-order valence-electron chi connectivity index (χ3n) is 1.44. The Labute approximate surface area is 136 Å². The van der Waals surface area contributed by atoms with Crippen molar-refractivity contribution in [2.45, 2.75) is 89.0 Å². The van der Waals surface area contributed by atoms with Crippen LogP contribution in [0.25, 0.3) is 0 Å². The highest BCUT2D eigenvalue weighted by molar-refractivity contribution is 7.90. The molecule has 0 spiro atoms. The Balaban J connectivity index is -0.000000270. The molecule has 0 aromatic carbocycles. The van der Waals surface area contributed by atoms with Crippen molar-refractivity contribution in [3.63, 3.8) is 0 Å². The fourth-order valence-corrected chi connectivity index (χ4v) is 1.53. The molecule has 0 aromatic heterocycles. The van der Waals surface area contributed by atoms with Crippen molar-refractivity contribution < 1.29 is 8.42 Å². The average Bonchev–Trinajstić information content (AvgIpc) is 1.89. The Morgan fingerprint density at radius 1 is 0.667 bits per heavy atom. The van der Waals surface area contributed by atoms with E-state index in [2.05, 4.69) is 76.2 Å². The highest BCUT2D eigenvalue weighted by Gasteiger charge is 2.11. The molecular formula is C18H42O2S. The molecule has 0 bridgehead atoms. The molecular weight excluding hydrogens is 280 g/mol. The number of hydrogen-bond acceptors (Lipinski definition) is 2. The predicted octanol–water partition coefficient (Wildman–Crippen LogP) is 5.96. The first-order chi connectivity index (χ1) is 8.71. The van der Waals surface area contributed by atoms with Crippen LogP contribution in [0.2, 0.25) is 0 Å². The molecule has 21 heavy (non-hydrogen) atoms. The van der Waals surface area contributed by atoms with E-state index in [0.29, 0.717) is 16.6 Å². The van der Waals surface area contributed by atoms with Crippen LogP contribution in [-0.2, 0) is 9.84 Å². The van der Waals surface area contributed by atoms with Crippen LogP contribution in [0, 0.1) is 16.2 Å². The molecule has 0 unspecified atom stereocenters. The van der Waals surface area contributed by atoms with E-state index < -0.39 is 9.84 Å². The summed E-state index contributed by atoms with van der Waals surface area (Å²) in [5.74, 6) is 0.324. The van der Waals surface area contributed by atoms with Crippen LogP contribution in [0.4, 0.5) is 0 Å². The molecule has 0 rings (SSSR count). The lowest BCUT2D eigenvalue weighted by atomic mass is 9.91. The Kier molecular flexibility index (Phi) is 12.2. The zero-order chi connectivity index (χ0) is 18.1.